The van der Waals surface area contributed by atoms with Crippen molar-refractivity contribution in [3.8, 4) is 39.3 Å². The molecule has 2 heterocycles. The van der Waals surface area contributed by atoms with E-state index in [0.717, 1.165) is 39.2 Å². The van der Waals surface area contributed by atoms with E-state index in [2.05, 4.69) is 143 Å². The molecule has 3 nitrogen and oxygen atoms in total. The summed E-state index contributed by atoms with van der Waals surface area (Å²) in [6.07, 6.45) is 3.74. The Bertz CT molecular complexity index is 2140. The number of hydrogen-bond acceptors (Lipinski definition) is 2. The molecule has 0 spiro atoms. The van der Waals surface area contributed by atoms with Crippen LogP contribution in [-0.4, -0.2) is 14.5 Å². The van der Waals surface area contributed by atoms with Crippen molar-refractivity contribution in [2.75, 3.05) is 0 Å². The van der Waals surface area contributed by atoms with Gasteiger partial charge in [-0.3, -0.25) is 9.55 Å². The first kappa shape index (κ1) is 23.4. The lowest BCUT2D eigenvalue weighted by Crippen LogP contribution is -1.99. The van der Waals surface area contributed by atoms with Gasteiger partial charge in [-0.1, -0.05) is 103 Å². The molecule has 0 atom stereocenters. The van der Waals surface area contributed by atoms with Crippen LogP contribution in [0.15, 0.2) is 152 Å². The van der Waals surface area contributed by atoms with E-state index in [0.29, 0.717) is 0 Å². The third-order valence-corrected chi connectivity index (χ3v) is 7.88. The van der Waals surface area contributed by atoms with Crippen LogP contribution in [-0.2, 0) is 0 Å². The minimum Gasteiger partial charge on any atom is -0.292 e. The third-order valence-electron chi connectivity index (χ3n) is 7.88. The fourth-order valence-electron chi connectivity index (χ4n) is 6.10. The predicted octanol–water partition coefficient (Wildman–Crippen LogP) is 9.73. The molecule has 0 bridgehead atoms. The number of imidazole rings is 1. The fraction of sp³-hybridized carbons (Fsp3) is 0. The molecule has 2 aromatic heterocycles. The molecule has 8 rings (SSSR count). The molecule has 41 heavy (non-hydrogen) atoms. The highest BCUT2D eigenvalue weighted by molar-refractivity contribution is 6.21. The van der Waals surface area contributed by atoms with E-state index < -0.39 is 0 Å². The van der Waals surface area contributed by atoms with E-state index in [9.17, 15) is 0 Å². The number of nitrogens with zero attached hydrogens (tertiary/aromatic N) is 3. The summed E-state index contributed by atoms with van der Waals surface area (Å²) < 4.78 is 2.30. The van der Waals surface area contributed by atoms with Crippen molar-refractivity contribution in [1.82, 2.24) is 14.5 Å². The Labute approximate surface area is 238 Å². The molecule has 6 aromatic carbocycles. The van der Waals surface area contributed by atoms with Crippen LogP contribution in [0.1, 0.15) is 0 Å². The lowest BCUT2D eigenvalue weighted by molar-refractivity contribution is 1.11. The average molecular weight is 524 g/mol. The molecule has 0 saturated heterocycles. The summed E-state index contributed by atoms with van der Waals surface area (Å²) in [5.41, 5.74) is 8.98. The molecule has 0 radical (unpaired) electrons. The molecular weight excluding hydrogens is 498 g/mol. The van der Waals surface area contributed by atoms with Gasteiger partial charge in [-0.2, -0.15) is 0 Å². The summed E-state index contributed by atoms with van der Waals surface area (Å²) in [6, 6.07) is 49.3. The maximum absolute atomic E-state index is 5.27. The zero-order valence-electron chi connectivity index (χ0n) is 22.3. The molecule has 0 aliphatic carbocycles. The van der Waals surface area contributed by atoms with Crippen LogP contribution in [0.25, 0.3) is 71.9 Å². The van der Waals surface area contributed by atoms with Gasteiger partial charge < -0.3 is 0 Å². The quantitative estimate of drug-likeness (QED) is 0.215. The Morgan fingerprint density at radius 1 is 0.463 bits per heavy atom. The maximum atomic E-state index is 5.27. The summed E-state index contributed by atoms with van der Waals surface area (Å²) in [4.78, 5) is 9.62. The highest BCUT2D eigenvalue weighted by Gasteiger charge is 2.22. The fourth-order valence-corrected chi connectivity index (χ4v) is 6.10. The topological polar surface area (TPSA) is 30.7 Å². The summed E-state index contributed by atoms with van der Waals surface area (Å²) in [6.45, 7) is 0. The zero-order chi connectivity index (χ0) is 27.2. The molecule has 0 saturated carbocycles. The van der Waals surface area contributed by atoms with Crippen LogP contribution in [0.5, 0.6) is 0 Å². The number of rotatable bonds is 4. The zero-order valence-corrected chi connectivity index (χ0v) is 22.3. The highest BCUT2D eigenvalue weighted by atomic mass is 15.1. The minimum atomic E-state index is 0.945. The van der Waals surface area contributed by atoms with Crippen molar-refractivity contribution in [1.29, 1.82) is 0 Å². The van der Waals surface area contributed by atoms with Gasteiger partial charge in [0.15, 0.2) is 0 Å². The number of benzene rings is 6. The molecule has 3 heteroatoms. The van der Waals surface area contributed by atoms with Crippen LogP contribution >= 0.6 is 0 Å². The number of hydrogen-bond donors (Lipinski definition) is 0. The first-order chi connectivity index (χ1) is 20.4. The Morgan fingerprint density at radius 2 is 1.07 bits per heavy atom. The van der Waals surface area contributed by atoms with Gasteiger partial charge in [0.25, 0.3) is 0 Å². The van der Waals surface area contributed by atoms with Crippen LogP contribution in [0, 0.1) is 0 Å². The van der Waals surface area contributed by atoms with Crippen molar-refractivity contribution in [3.63, 3.8) is 0 Å². The van der Waals surface area contributed by atoms with Gasteiger partial charge in [-0.05, 0) is 74.6 Å². The van der Waals surface area contributed by atoms with E-state index >= 15 is 0 Å². The summed E-state index contributed by atoms with van der Waals surface area (Å²) in [5, 5.41) is 4.77. The van der Waals surface area contributed by atoms with Crippen molar-refractivity contribution in [3.05, 3.63) is 152 Å². The third kappa shape index (κ3) is 3.82. The van der Waals surface area contributed by atoms with Gasteiger partial charge in [-0.25, -0.2) is 4.98 Å². The molecule has 0 N–H and O–H groups in total. The lowest BCUT2D eigenvalue weighted by atomic mass is 9.87. The van der Waals surface area contributed by atoms with Gasteiger partial charge in [0.05, 0.1) is 11.0 Å². The molecule has 0 aliphatic heterocycles. The molecule has 0 aliphatic rings. The highest BCUT2D eigenvalue weighted by Crippen LogP contribution is 2.45. The van der Waals surface area contributed by atoms with Crippen molar-refractivity contribution >= 4 is 32.6 Å². The van der Waals surface area contributed by atoms with E-state index in [1.807, 2.05) is 18.5 Å². The number of para-hydroxylation sites is 3. The van der Waals surface area contributed by atoms with Crippen LogP contribution < -0.4 is 0 Å². The largest absolute Gasteiger partial charge is 0.292 e. The number of pyridine rings is 1. The lowest BCUT2D eigenvalue weighted by Gasteiger charge is -2.18. The van der Waals surface area contributed by atoms with Gasteiger partial charge in [-0.15, -0.1) is 0 Å². The Kier molecular flexibility index (Phi) is 5.46. The van der Waals surface area contributed by atoms with Crippen LogP contribution in [0.4, 0.5) is 0 Å². The molecule has 192 valence electrons. The van der Waals surface area contributed by atoms with Crippen molar-refractivity contribution in [2.45, 2.75) is 0 Å². The molecule has 0 fully saturated rings. The monoisotopic (exact) mass is 523 g/mol. The normalized spacial score (nSPS) is 11.4. The molecule has 0 amide bonds. The first-order valence-electron chi connectivity index (χ1n) is 13.8. The minimum absolute atomic E-state index is 0.945. The van der Waals surface area contributed by atoms with E-state index in [1.165, 1.54) is 32.7 Å². The standard InChI is InChI=1S/C38H25N3/c1-2-15-29(16-3-1)41-35-22-9-8-21-34(35)40-38(41)37-32-19-6-4-17-30(32)36(31-18-5-7-20-33(31)37)27-13-10-12-26(24-27)28-14-11-23-39-25-28/h1-25H. The van der Waals surface area contributed by atoms with Gasteiger partial charge >= 0.3 is 0 Å². The average Bonchev–Trinajstić information content (AvgIpc) is 3.43. The van der Waals surface area contributed by atoms with Crippen LogP contribution in [0.3, 0.4) is 0 Å². The van der Waals surface area contributed by atoms with Gasteiger partial charge in [0.2, 0.25) is 0 Å². The number of aromatic nitrogens is 3. The molecule has 0 unspecified atom stereocenters. The second-order valence-corrected chi connectivity index (χ2v) is 10.3. The second kappa shape index (κ2) is 9.58. The van der Waals surface area contributed by atoms with E-state index in [-0.39, 0.29) is 0 Å². The van der Waals surface area contributed by atoms with Crippen molar-refractivity contribution < 1.29 is 0 Å². The Hall–Kier alpha value is -5.54. The van der Waals surface area contributed by atoms with Crippen molar-refractivity contribution in [2.24, 2.45) is 0 Å². The Morgan fingerprint density at radius 3 is 1.78 bits per heavy atom. The first-order valence-corrected chi connectivity index (χ1v) is 13.8. The molecule has 8 aromatic rings. The molecular formula is C38H25N3. The van der Waals surface area contributed by atoms with E-state index in [1.54, 1.807) is 0 Å². The summed E-state index contributed by atoms with van der Waals surface area (Å²) in [5.74, 6) is 0.945. The van der Waals surface area contributed by atoms with Gasteiger partial charge in [0, 0.05) is 29.2 Å². The van der Waals surface area contributed by atoms with Crippen LogP contribution in [0.2, 0.25) is 0 Å². The Balaban J connectivity index is 1.48. The summed E-state index contributed by atoms with van der Waals surface area (Å²) >= 11 is 0. The SMILES string of the molecule is c1ccc(-n2c(-c3c4ccccc4c(-c4cccc(-c5cccnc5)c4)c4ccccc34)nc3ccccc32)cc1. The predicted molar refractivity (Wildman–Crippen MR) is 170 cm³/mol. The van der Waals surface area contributed by atoms with E-state index in [4.69, 9.17) is 4.98 Å². The van der Waals surface area contributed by atoms with Gasteiger partial charge in [0.1, 0.15) is 5.82 Å². The summed E-state index contributed by atoms with van der Waals surface area (Å²) in [7, 11) is 0. The number of fused-ring (bicyclic) bond motifs is 3. The maximum Gasteiger partial charge on any atom is 0.146 e. The second-order valence-electron chi connectivity index (χ2n) is 10.3. The smallest absolute Gasteiger partial charge is 0.146 e.